The minimum Gasteiger partial charge on any atom is -0.508 e. The topological polar surface area (TPSA) is 32.7 Å². The van der Waals surface area contributed by atoms with E-state index >= 15 is 0 Å². The van der Waals surface area contributed by atoms with E-state index < -0.39 is 0 Å². The monoisotopic (exact) mass is 379 g/mol. The zero-order valence-corrected chi connectivity index (χ0v) is 17.6. The van der Waals surface area contributed by atoms with Crippen molar-refractivity contribution in [2.75, 3.05) is 13.1 Å². The molecule has 1 unspecified atom stereocenters. The molecule has 1 saturated heterocycles. The van der Waals surface area contributed by atoms with E-state index in [1.807, 2.05) is 18.2 Å². The van der Waals surface area contributed by atoms with Gasteiger partial charge in [0, 0.05) is 18.0 Å². The Hall–Kier alpha value is -1.84. The summed E-state index contributed by atoms with van der Waals surface area (Å²) in [5.74, 6) is 0.458. The van der Waals surface area contributed by atoms with Crippen LogP contribution in [0.1, 0.15) is 50.8 Å². The predicted molar refractivity (Wildman–Crippen MR) is 114 cm³/mol. The Morgan fingerprint density at radius 2 is 1.86 bits per heavy atom. The number of nitrogens with zero attached hydrogens (tertiary/aromatic N) is 1. The molecule has 0 saturated carbocycles. The van der Waals surface area contributed by atoms with Crippen molar-refractivity contribution in [3.8, 4) is 5.75 Å². The average Bonchev–Trinajstić information content (AvgIpc) is 2.67. The fourth-order valence-corrected chi connectivity index (χ4v) is 5.45. The summed E-state index contributed by atoms with van der Waals surface area (Å²) in [4.78, 5) is 2.60. The van der Waals surface area contributed by atoms with E-state index in [9.17, 15) is 5.11 Å². The van der Waals surface area contributed by atoms with Gasteiger partial charge in [0.25, 0.3) is 0 Å². The summed E-state index contributed by atoms with van der Waals surface area (Å²) in [5.41, 5.74) is 3.95. The fraction of sp³-hybridized carbons (Fsp3) is 0.520. The molecule has 28 heavy (non-hydrogen) atoms. The number of phenolic OH excluding ortho intramolecular Hbond substituents is 1. The van der Waals surface area contributed by atoms with Gasteiger partial charge in [0.2, 0.25) is 0 Å². The number of aromatic hydroxyl groups is 1. The largest absolute Gasteiger partial charge is 0.508 e. The lowest BCUT2D eigenvalue weighted by Crippen LogP contribution is -2.64. The summed E-state index contributed by atoms with van der Waals surface area (Å²) >= 11 is 0. The van der Waals surface area contributed by atoms with Crippen LogP contribution in [0.2, 0.25) is 0 Å². The van der Waals surface area contributed by atoms with Crippen LogP contribution in [0.25, 0.3) is 0 Å². The molecule has 0 amide bonds. The van der Waals surface area contributed by atoms with Crippen LogP contribution in [0.5, 0.6) is 5.75 Å². The molecule has 3 heteroatoms. The lowest BCUT2D eigenvalue weighted by Gasteiger charge is -2.61. The standard InChI is InChI=1S/C25H33NO2/c1-18(28-17-19-9-6-5-7-10-19)16-26-14-13-25(4)21-11-8-12-22(27)20(21)15-23(26)24(25,2)3/h5-12,18,23,27H,13-17H2,1-4H3/t18-,23-,25?/m0/s1. The van der Waals surface area contributed by atoms with Gasteiger partial charge in [-0.15, -0.1) is 0 Å². The van der Waals surface area contributed by atoms with Crippen LogP contribution in [-0.2, 0) is 23.2 Å². The van der Waals surface area contributed by atoms with Crippen molar-refractivity contribution in [1.82, 2.24) is 4.90 Å². The molecule has 1 fully saturated rings. The smallest absolute Gasteiger partial charge is 0.119 e. The summed E-state index contributed by atoms with van der Waals surface area (Å²) in [5, 5.41) is 10.5. The highest BCUT2D eigenvalue weighted by atomic mass is 16.5. The Balaban J connectivity index is 1.51. The van der Waals surface area contributed by atoms with E-state index in [-0.39, 0.29) is 16.9 Å². The van der Waals surface area contributed by atoms with E-state index in [1.165, 1.54) is 11.1 Å². The van der Waals surface area contributed by atoms with E-state index in [4.69, 9.17) is 4.74 Å². The zero-order valence-electron chi connectivity index (χ0n) is 17.6. The first-order chi connectivity index (χ1) is 13.3. The van der Waals surface area contributed by atoms with Gasteiger partial charge in [-0.25, -0.2) is 0 Å². The van der Waals surface area contributed by atoms with Crippen LogP contribution in [0.15, 0.2) is 48.5 Å². The second-order valence-corrected chi connectivity index (χ2v) is 9.43. The molecule has 2 aromatic carbocycles. The Morgan fingerprint density at radius 3 is 2.61 bits per heavy atom. The maximum Gasteiger partial charge on any atom is 0.119 e. The third kappa shape index (κ3) is 3.15. The second-order valence-electron chi connectivity index (χ2n) is 9.43. The number of phenols is 1. The third-order valence-electron chi connectivity index (χ3n) is 7.61. The fourth-order valence-electron chi connectivity index (χ4n) is 5.45. The van der Waals surface area contributed by atoms with Gasteiger partial charge in [-0.3, -0.25) is 4.90 Å². The molecule has 2 aromatic rings. The first kappa shape index (κ1) is 19.5. The third-order valence-corrected chi connectivity index (χ3v) is 7.61. The first-order valence-corrected chi connectivity index (χ1v) is 10.5. The quantitative estimate of drug-likeness (QED) is 0.801. The molecule has 1 aliphatic heterocycles. The number of rotatable bonds is 5. The molecule has 0 aromatic heterocycles. The Bertz CT molecular complexity index is 832. The molecule has 3 nitrogen and oxygen atoms in total. The highest BCUT2D eigenvalue weighted by Crippen LogP contribution is 2.57. The van der Waals surface area contributed by atoms with Gasteiger partial charge in [0.1, 0.15) is 5.75 Å². The maximum absolute atomic E-state index is 10.5. The molecule has 1 heterocycles. The van der Waals surface area contributed by atoms with Crippen molar-refractivity contribution in [1.29, 1.82) is 0 Å². The SMILES string of the molecule is C[C@@H](CN1CCC2(C)c3cccc(O)c3C[C@H]1C2(C)C)OCc1ccccc1. The van der Waals surface area contributed by atoms with E-state index in [0.717, 1.165) is 31.5 Å². The number of fused-ring (bicyclic) bond motifs is 4. The number of piperidine rings is 1. The summed E-state index contributed by atoms with van der Waals surface area (Å²) in [6, 6.07) is 16.9. The molecule has 0 radical (unpaired) electrons. The molecule has 1 aliphatic carbocycles. The summed E-state index contributed by atoms with van der Waals surface area (Å²) < 4.78 is 6.16. The Morgan fingerprint density at radius 1 is 1.11 bits per heavy atom. The van der Waals surface area contributed by atoms with Crippen molar-refractivity contribution < 1.29 is 9.84 Å². The van der Waals surface area contributed by atoms with Crippen LogP contribution in [0, 0.1) is 5.41 Å². The zero-order chi connectivity index (χ0) is 19.9. The van der Waals surface area contributed by atoms with E-state index in [1.54, 1.807) is 0 Å². The lowest BCUT2D eigenvalue weighted by molar-refractivity contribution is -0.0651. The Labute approximate surface area is 169 Å². The van der Waals surface area contributed by atoms with Crippen molar-refractivity contribution in [2.24, 2.45) is 5.41 Å². The van der Waals surface area contributed by atoms with Gasteiger partial charge in [-0.1, -0.05) is 63.2 Å². The van der Waals surface area contributed by atoms with E-state index in [0.29, 0.717) is 18.4 Å². The van der Waals surface area contributed by atoms with Crippen LogP contribution in [0.4, 0.5) is 0 Å². The lowest BCUT2D eigenvalue weighted by atomic mass is 9.51. The number of benzene rings is 2. The molecule has 1 N–H and O–H groups in total. The molecule has 2 bridgehead atoms. The Kier molecular flexibility index (Phi) is 5.01. The number of ether oxygens (including phenoxy) is 1. The van der Waals surface area contributed by atoms with Crippen molar-refractivity contribution >= 4 is 0 Å². The first-order valence-electron chi connectivity index (χ1n) is 10.5. The van der Waals surface area contributed by atoms with E-state index in [2.05, 4.69) is 62.9 Å². The number of hydrogen-bond acceptors (Lipinski definition) is 3. The van der Waals surface area contributed by atoms with Gasteiger partial charge >= 0.3 is 0 Å². The molecule has 0 spiro atoms. The molecular weight excluding hydrogens is 346 g/mol. The minimum absolute atomic E-state index is 0.0919. The normalized spacial score (nSPS) is 27.2. The number of likely N-dealkylation sites (tertiary alicyclic amines) is 1. The molecular formula is C25H33NO2. The van der Waals surface area contributed by atoms with Gasteiger partial charge < -0.3 is 9.84 Å². The highest BCUT2D eigenvalue weighted by Gasteiger charge is 2.56. The summed E-state index contributed by atoms with van der Waals surface area (Å²) in [6.07, 6.45) is 2.19. The van der Waals surface area contributed by atoms with Crippen LogP contribution >= 0.6 is 0 Å². The summed E-state index contributed by atoms with van der Waals surface area (Å²) in [6.45, 7) is 12.1. The predicted octanol–water partition coefficient (Wildman–Crippen LogP) is 4.91. The molecule has 2 aliphatic rings. The second kappa shape index (κ2) is 7.20. The highest BCUT2D eigenvalue weighted by molar-refractivity contribution is 5.48. The minimum atomic E-state index is 0.0919. The van der Waals surface area contributed by atoms with Gasteiger partial charge in [-0.2, -0.15) is 0 Å². The van der Waals surface area contributed by atoms with Gasteiger partial charge in [0.05, 0.1) is 12.7 Å². The molecule has 150 valence electrons. The molecule has 4 rings (SSSR count). The van der Waals surface area contributed by atoms with Crippen molar-refractivity contribution in [2.45, 2.75) is 64.7 Å². The van der Waals surface area contributed by atoms with Crippen molar-refractivity contribution in [3.63, 3.8) is 0 Å². The number of hydrogen-bond donors (Lipinski definition) is 1. The maximum atomic E-state index is 10.5. The van der Waals surface area contributed by atoms with Crippen LogP contribution in [0.3, 0.4) is 0 Å². The van der Waals surface area contributed by atoms with Crippen LogP contribution < -0.4 is 0 Å². The van der Waals surface area contributed by atoms with Gasteiger partial charge in [0.15, 0.2) is 0 Å². The van der Waals surface area contributed by atoms with Crippen molar-refractivity contribution in [3.05, 3.63) is 65.2 Å². The molecule has 3 atom stereocenters. The summed E-state index contributed by atoms with van der Waals surface area (Å²) in [7, 11) is 0. The van der Waals surface area contributed by atoms with Crippen LogP contribution in [-0.4, -0.2) is 35.2 Å². The van der Waals surface area contributed by atoms with Gasteiger partial charge in [-0.05, 0) is 54.5 Å². The average molecular weight is 380 g/mol.